The zero-order chi connectivity index (χ0) is 30.4. The quantitative estimate of drug-likeness (QED) is 0.335. The number of likely N-dealkylation sites (tertiary alicyclic amines) is 1. The van der Waals surface area contributed by atoms with Crippen LogP contribution in [0, 0.1) is 12.4 Å². The van der Waals surface area contributed by atoms with Gasteiger partial charge in [-0.05, 0) is 24.6 Å². The van der Waals surface area contributed by atoms with Gasteiger partial charge in [0.05, 0.1) is 27.7 Å². The second-order valence-corrected chi connectivity index (χ2v) is 11.1. The maximum Gasteiger partial charge on any atom is 0.350 e. The summed E-state index contributed by atoms with van der Waals surface area (Å²) < 4.78 is 23.0. The number of anilines is 2. The number of nitrogens with two attached hydrogens (primary N) is 1. The van der Waals surface area contributed by atoms with Gasteiger partial charge < -0.3 is 30.0 Å². The van der Waals surface area contributed by atoms with Crippen LogP contribution < -0.4 is 21.1 Å². The molecule has 222 valence electrons. The van der Waals surface area contributed by atoms with Crippen molar-refractivity contribution in [3.63, 3.8) is 0 Å². The molecule has 0 saturated carbocycles. The molecule has 1 aromatic carbocycles. The molecule has 12 nitrogen and oxygen atoms in total. The van der Waals surface area contributed by atoms with E-state index >= 15 is 4.39 Å². The van der Waals surface area contributed by atoms with E-state index in [0.29, 0.717) is 36.2 Å². The van der Waals surface area contributed by atoms with Crippen molar-refractivity contribution in [1.82, 2.24) is 24.3 Å². The van der Waals surface area contributed by atoms with Crippen molar-refractivity contribution in [2.75, 3.05) is 56.5 Å². The van der Waals surface area contributed by atoms with E-state index in [-0.39, 0.29) is 72.3 Å². The van der Waals surface area contributed by atoms with Crippen molar-refractivity contribution < 1.29 is 18.7 Å². The number of halogens is 2. The van der Waals surface area contributed by atoms with Crippen molar-refractivity contribution in [2.24, 2.45) is 0 Å². The van der Waals surface area contributed by atoms with E-state index in [2.05, 4.69) is 21.4 Å². The first-order chi connectivity index (χ1) is 20.7. The molecule has 3 aromatic rings. The van der Waals surface area contributed by atoms with Crippen LogP contribution in [-0.2, 0) is 9.59 Å². The van der Waals surface area contributed by atoms with E-state index in [4.69, 9.17) is 28.6 Å². The summed E-state index contributed by atoms with van der Waals surface area (Å²) in [5.41, 5.74) is 5.97. The van der Waals surface area contributed by atoms with Gasteiger partial charge in [0.25, 0.3) is 0 Å². The summed E-state index contributed by atoms with van der Waals surface area (Å²) in [6.45, 7) is 12.7. The van der Waals surface area contributed by atoms with E-state index < -0.39 is 23.6 Å². The van der Waals surface area contributed by atoms with Crippen molar-refractivity contribution >= 4 is 46.0 Å². The van der Waals surface area contributed by atoms with Crippen LogP contribution in [0.25, 0.3) is 26.9 Å². The molecule has 0 bridgehead atoms. The number of hydrogen-bond acceptors (Lipinski definition) is 8. The van der Waals surface area contributed by atoms with Gasteiger partial charge in [0.1, 0.15) is 30.1 Å². The second kappa shape index (κ2) is 11.2. The highest BCUT2D eigenvalue weighted by molar-refractivity contribution is 6.35. The maximum atomic E-state index is 15.2. The first-order valence-electron chi connectivity index (χ1n) is 13.8. The summed E-state index contributed by atoms with van der Waals surface area (Å²) in [6.07, 6.45) is 3.63. The fourth-order valence-electron chi connectivity index (χ4n) is 6.24. The first kappa shape index (κ1) is 28.4. The molecule has 2 aromatic heterocycles. The minimum Gasteiger partial charge on any atom is -0.488 e. The smallest absolute Gasteiger partial charge is 0.350 e. The summed E-state index contributed by atoms with van der Waals surface area (Å²) in [5.74, 6) is -0.587. The monoisotopic (exact) mass is 606 g/mol. The standard InChI is InChI=1S/C29H28ClFN8O4/c1-3-21(40)38-10-9-37(13-16(38)12-33-2)28-18-11-19(30)23(24-20(31)6-7-34-27(24)32)26-25(18)39(29(42)35-28)17(15-43-26)14-36-8-4-5-22(36)41/h3,6-7,11,16-17H,1,4-5,8-10,12-15H2,(H2,32,34)/t16-,17?/m0/s1. The number of nitrogen functional groups attached to an aromatic ring is 1. The molecular formula is C29H28ClFN8O4. The molecule has 6 rings (SSSR count). The van der Waals surface area contributed by atoms with Gasteiger partial charge in [-0.1, -0.05) is 18.2 Å². The fraction of sp³-hybridized carbons (Fsp3) is 0.379. The van der Waals surface area contributed by atoms with Gasteiger partial charge in [-0.15, -0.1) is 0 Å². The van der Waals surface area contributed by atoms with Crippen LogP contribution in [-0.4, -0.2) is 88.1 Å². The number of aromatic nitrogens is 3. The topological polar surface area (TPSA) is 131 Å². The number of piperazine rings is 1. The van der Waals surface area contributed by atoms with Gasteiger partial charge in [-0.3, -0.25) is 14.2 Å². The highest BCUT2D eigenvalue weighted by Crippen LogP contribution is 2.48. The zero-order valence-electron chi connectivity index (χ0n) is 23.1. The number of carbonyl (C=O) groups is 2. The highest BCUT2D eigenvalue weighted by atomic mass is 35.5. The average Bonchev–Trinajstić information content (AvgIpc) is 3.39. The molecule has 2 saturated heterocycles. The Hall–Kier alpha value is -4.70. The summed E-state index contributed by atoms with van der Waals surface area (Å²) in [5, 5.41) is 0.578. The van der Waals surface area contributed by atoms with Crippen LogP contribution in [0.2, 0.25) is 5.02 Å². The molecule has 2 fully saturated rings. The molecule has 2 amide bonds. The Bertz CT molecular complexity index is 1750. The van der Waals surface area contributed by atoms with Gasteiger partial charge in [0, 0.05) is 50.7 Å². The minimum absolute atomic E-state index is 0.000499. The number of amides is 2. The Morgan fingerprint density at radius 2 is 2.09 bits per heavy atom. The first-order valence-corrected chi connectivity index (χ1v) is 14.2. The molecule has 14 heteroatoms. The van der Waals surface area contributed by atoms with Gasteiger partial charge in [0.15, 0.2) is 5.75 Å². The number of carbonyl (C=O) groups excluding carboxylic acids is 2. The number of pyridine rings is 1. The average molecular weight is 607 g/mol. The maximum absolute atomic E-state index is 15.2. The Kier molecular flexibility index (Phi) is 7.39. The molecule has 0 radical (unpaired) electrons. The van der Waals surface area contributed by atoms with Crippen molar-refractivity contribution in [3.05, 3.63) is 63.7 Å². The predicted octanol–water partition coefficient (Wildman–Crippen LogP) is 2.51. The minimum atomic E-state index is -0.661. The Morgan fingerprint density at radius 1 is 1.28 bits per heavy atom. The lowest BCUT2D eigenvalue weighted by Gasteiger charge is -2.40. The molecule has 43 heavy (non-hydrogen) atoms. The van der Waals surface area contributed by atoms with Gasteiger partial charge in [-0.2, -0.15) is 4.98 Å². The molecule has 1 unspecified atom stereocenters. The molecule has 0 aliphatic carbocycles. The normalized spacial score (nSPS) is 19.8. The van der Waals surface area contributed by atoms with E-state index in [1.54, 1.807) is 15.9 Å². The van der Waals surface area contributed by atoms with E-state index in [0.717, 1.165) is 12.5 Å². The van der Waals surface area contributed by atoms with Crippen molar-refractivity contribution in [1.29, 1.82) is 0 Å². The Labute approximate surface area is 250 Å². The van der Waals surface area contributed by atoms with Gasteiger partial charge in [-0.25, -0.2) is 20.7 Å². The SMILES string of the molecule is [C-]#[N+]C[C@H]1CN(c2nc(=O)n3c4c(c(-c5c(F)ccnc5N)c(Cl)cc24)OCC3CN2CCCC2=O)CCN1C(=O)C=C. The summed E-state index contributed by atoms with van der Waals surface area (Å²) >= 11 is 6.83. The Morgan fingerprint density at radius 3 is 2.79 bits per heavy atom. The van der Waals surface area contributed by atoms with Gasteiger partial charge >= 0.3 is 5.69 Å². The van der Waals surface area contributed by atoms with Crippen LogP contribution in [0.4, 0.5) is 16.0 Å². The van der Waals surface area contributed by atoms with Crippen molar-refractivity contribution in [2.45, 2.75) is 24.9 Å². The van der Waals surface area contributed by atoms with Crippen LogP contribution >= 0.6 is 11.6 Å². The Balaban J connectivity index is 1.55. The number of nitrogens with zero attached hydrogens (tertiary/aromatic N) is 7. The summed E-state index contributed by atoms with van der Waals surface area (Å²) in [6, 6.07) is 1.73. The molecule has 2 N–H and O–H groups in total. The van der Waals surface area contributed by atoms with Crippen LogP contribution in [0.15, 0.2) is 35.8 Å². The number of ether oxygens (including phenoxy) is 1. The molecule has 5 heterocycles. The van der Waals surface area contributed by atoms with E-state index in [9.17, 15) is 14.4 Å². The summed E-state index contributed by atoms with van der Waals surface area (Å²) in [7, 11) is 0. The van der Waals surface area contributed by atoms with E-state index in [1.807, 2.05) is 4.90 Å². The number of hydrogen-bond donors (Lipinski definition) is 1. The van der Waals surface area contributed by atoms with E-state index in [1.165, 1.54) is 16.8 Å². The van der Waals surface area contributed by atoms with Crippen LogP contribution in [0.5, 0.6) is 5.75 Å². The summed E-state index contributed by atoms with van der Waals surface area (Å²) in [4.78, 5) is 56.0. The zero-order valence-corrected chi connectivity index (χ0v) is 23.9. The molecule has 0 spiro atoms. The second-order valence-electron chi connectivity index (χ2n) is 10.7. The predicted molar refractivity (Wildman–Crippen MR) is 158 cm³/mol. The van der Waals surface area contributed by atoms with Crippen molar-refractivity contribution in [3.8, 4) is 16.9 Å². The largest absolute Gasteiger partial charge is 0.488 e. The number of rotatable bonds is 6. The molecular weight excluding hydrogens is 579 g/mol. The third kappa shape index (κ3) is 4.81. The third-order valence-corrected chi connectivity index (χ3v) is 8.50. The fourth-order valence-corrected chi connectivity index (χ4v) is 6.53. The number of benzene rings is 1. The lowest BCUT2D eigenvalue weighted by Crippen LogP contribution is -2.56. The lowest BCUT2D eigenvalue weighted by molar-refractivity contribution is -0.129. The lowest BCUT2D eigenvalue weighted by atomic mass is 10.00. The molecule has 3 aliphatic heterocycles. The third-order valence-electron chi connectivity index (χ3n) is 8.21. The molecule has 2 atom stereocenters. The molecule has 3 aliphatic rings. The van der Waals surface area contributed by atoms with Crippen LogP contribution in [0.1, 0.15) is 18.9 Å². The van der Waals surface area contributed by atoms with Crippen LogP contribution in [0.3, 0.4) is 0 Å². The van der Waals surface area contributed by atoms with Gasteiger partial charge in [0.2, 0.25) is 18.4 Å². The highest BCUT2D eigenvalue weighted by Gasteiger charge is 2.37.